The minimum Gasteiger partial charge on any atom is -0.494 e. The first-order valence-corrected chi connectivity index (χ1v) is 10.1. The lowest BCUT2D eigenvalue weighted by Crippen LogP contribution is -2.44. The zero-order valence-electron chi connectivity index (χ0n) is 16.6. The van der Waals surface area contributed by atoms with Crippen LogP contribution in [0, 0.1) is 0 Å². The molecule has 6 heteroatoms. The number of hydrogen-bond acceptors (Lipinski definition) is 5. The van der Waals surface area contributed by atoms with E-state index >= 15 is 0 Å². The van der Waals surface area contributed by atoms with E-state index in [2.05, 4.69) is 34.3 Å². The molecule has 1 aliphatic heterocycles. The van der Waals surface area contributed by atoms with Gasteiger partial charge in [-0.15, -0.1) is 5.10 Å². The lowest BCUT2D eigenvalue weighted by Gasteiger charge is -2.37. The van der Waals surface area contributed by atoms with Gasteiger partial charge < -0.3 is 15.0 Å². The molecule has 1 unspecified atom stereocenters. The van der Waals surface area contributed by atoms with Crippen LogP contribution < -0.4 is 5.32 Å². The summed E-state index contributed by atoms with van der Waals surface area (Å²) in [6, 6.07) is 5.04. The standard InChI is InChI=1S/C21H31FN4O/c1-4-17(5-2)26-12-10-16(11-13-26)23-21-9-7-19(24-25-21)15-6-8-20(27-3)18(22)14-15/h6-9,15-17H,4-5,10-14H2,1-3H3,(H,23,25). The predicted molar refractivity (Wildman–Crippen MR) is 106 cm³/mol. The summed E-state index contributed by atoms with van der Waals surface area (Å²) in [5.41, 5.74) is 0.783. The molecule has 0 bridgehead atoms. The van der Waals surface area contributed by atoms with Crippen LogP contribution >= 0.6 is 0 Å². The monoisotopic (exact) mass is 374 g/mol. The van der Waals surface area contributed by atoms with E-state index in [0.29, 0.717) is 17.8 Å². The molecule has 0 saturated carbocycles. The summed E-state index contributed by atoms with van der Waals surface area (Å²) in [6.45, 7) is 6.81. The van der Waals surface area contributed by atoms with Crippen molar-refractivity contribution < 1.29 is 9.13 Å². The summed E-state index contributed by atoms with van der Waals surface area (Å²) in [7, 11) is 1.48. The van der Waals surface area contributed by atoms with Crippen LogP contribution in [0.25, 0.3) is 0 Å². The maximum atomic E-state index is 14.0. The third-order valence-electron chi connectivity index (χ3n) is 5.77. The number of aromatic nitrogens is 2. The second-order valence-corrected chi connectivity index (χ2v) is 7.41. The summed E-state index contributed by atoms with van der Waals surface area (Å²) in [5.74, 6) is 0.775. The predicted octanol–water partition coefficient (Wildman–Crippen LogP) is 4.41. The van der Waals surface area contributed by atoms with Crippen LogP contribution in [0.15, 0.2) is 35.9 Å². The Labute approximate surface area is 161 Å². The molecule has 5 nitrogen and oxygen atoms in total. The topological polar surface area (TPSA) is 50.3 Å². The molecule has 1 fully saturated rings. The van der Waals surface area contributed by atoms with E-state index in [1.54, 1.807) is 6.08 Å². The van der Waals surface area contributed by atoms with Gasteiger partial charge in [-0.05, 0) is 43.9 Å². The summed E-state index contributed by atoms with van der Waals surface area (Å²) in [5, 5.41) is 12.1. The maximum Gasteiger partial charge on any atom is 0.149 e. The Balaban J connectivity index is 1.52. The normalized spacial score (nSPS) is 21.7. The summed E-state index contributed by atoms with van der Waals surface area (Å²) < 4.78 is 18.9. The fraction of sp³-hybridized carbons (Fsp3) is 0.619. The van der Waals surface area contributed by atoms with Crippen LogP contribution in [0.2, 0.25) is 0 Å². The fourth-order valence-electron chi connectivity index (χ4n) is 4.08. The van der Waals surface area contributed by atoms with Crippen LogP contribution in [0.1, 0.15) is 57.6 Å². The molecule has 1 N–H and O–H groups in total. The van der Waals surface area contributed by atoms with Crippen LogP contribution in [-0.4, -0.2) is 47.4 Å². The SMILES string of the molecule is CCC(CC)N1CCC(Nc2ccc(C3C=CC(OC)=C(F)C3)nn2)CC1. The van der Waals surface area contributed by atoms with Gasteiger partial charge in [-0.3, -0.25) is 0 Å². The summed E-state index contributed by atoms with van der Waals surface area (Å²) in [6.07, 6.45) is 8.56. The molecule has 1 aromatic rings. The van der Waals surface area contributed by atoms with Gasteiger partial charge >= 0.3 is 0 Å². The Morgan fingerprint density at radius 3 is 2.52 bits per heavy atom. The molecule has 148 valence electrons. The second kappa shape index (κ2) is 9.31. The van der Waals surface area contributed by atoms with E-state index < -0.39 is 0 Å². The average molecular weight is 375 g/mol. The molecule has 1 atom stereocenters. The average Bonchev–Trinajstić information content (AvgIpc) is 2.71. The number of anilines is 1. The Morgan fingerprint density at radius 1 is 1.22 bits per heavy atom. The van der Waals surface area contributed by atoms with Crippen molar-refractivity contribution in [2.45, 2.75) is 64.0 Å². The number of ether oxygens (including phenoxy) is 1. The molecule has 2 heterocycles. The van der Waals surface area contributed by atoms with Crippen molar-refractivity contribution in [2.24, 2.45) is 0 Å². The molecule has 1 aliphatic carbocycles. The molecule has 1 saturated heterocycles. The van der Waals surface area contributed by atoms with Crippen molar-refractivity contribution >= 4 is 5.82 Å². The minimum absolute atomic E-state index is 0.0892. The van der Waals surface area contributed by atoms with Crippen molar-refractivity contribution in [3.63, 3.8) is 0 Å². The van der Waals surface area contributed by atoms with Gasteiger partial charge in [0.1, 0.15) is 17.4 Å². The van der Waals surface area contributed by atoms with Gasteiger partial charge in [0.2, 0.25) is 0 Å². The molecule has 0 spiro atoms. The number of likely N-dealkylation sites (tertiary alicyclic amines) is 1. The molecule has 2 aliphatic rings. The summed E-state index contributed by atoms with van der Waals surface area (Å²) in [4.78, 5) is 2.61. The molecule has 0 amide bonds. The third kappa shape index (κ3) is 4.86. The number of hydrogen-bond donors (Lipinski definition) is 1. The lowest BCUT2D eigenvalue weighted by atomic mass is 9.95. The number of rotatable bonds is 7. The summed E-state index contributed by atoms with van der Waals surface area (Å²) >= 11 is 0. The Kier molecular flexibility index (Phi) is 6.83. The Bertz CT molecular complexity index is 661. The van der Waals surface area contributed by atoms with Gasteiger partial charge in [0.25, 0.3) is 0 Å². The van der Waals surface area contributed by atoms with Gasteiger partial charge in [-0.2, -0.15) is 5.10 Å². The number of halogens is 1. The first-order chi connectivity index (χ1) is 13.1. The Morgan fingerprint density at radius 2 is 1.96 bits per heavy atom. The van der Waals surface area contributed by atoms with Gasteiger partial charge in [-0.1, -0.05) is 19.9 Å². The molecule has 27 heavy (non-hydrogen) atoms. The lowest BCUT2D eigenvalue weighted by molar-refractivity contribution is 0.149. The van der Waals surface area contributed by atoms with E-state index in [1.807, 2.05) is 18.2 Å². The third-order valence-corrected chi connectivity index (χ3v) is 5.77. The molecule has 0 aromatic carbocycles. The number of piperidine rings is 1. The van der Waals surface area contributed by atoms with Gasteiger partial charge in [-0.25, -0.2) is 4.39 Å². The zero-order chi connectivity index (χ0) is 19.2. The van der Waals surface area contributed by atoms with Crippen LogP contribution in [0.5, 0.6) is 0 Å². The molecule has 1 aromatic heterocycles. The van der Waals surface area contributed by atoms with Crippen molar-refractivity contribution in [3.8, 4) is 0 Å². The fourth-order valence-corrected chi connectivity index (χ4v) is 4.08. The highest BCUT2D eigenvalue weighted by Crippen LogP contribution is 2.31. The minimum atomic E-state index is -0.238. The number of methoxy groups -OCH3 is 1. The van der Waals surface area contributed by atoms with E-state index in [-0.39, 0.29) is 18.2 Å². The highest BCUT2D eigenvalue weighted by Gasteiger charge is 2.24. The van der Waals surface area contributed by atoms with E-state index in [0.717, 1.165) is 37.4 Å². The van der Waals surface area contributed by atoms with Crippen molar-refractivity contribution in [1.82, 2.24) is 15.1 Å². The van der Waals surface area contributed by atoms with Crippen LogP contribution in [0.4, 0.5) is 10.2 Å². The smallest absolute Gasteiger partial charge is 0.149 e. The largest absolute Gasteiger partial charge is 0.494 e. The number of nitrogens with zero attached hydrogens (tertiary/aromatic N) is 3. The number of nitrogens with one attached hydrogen (secondary N) is 1. The Hall–Kier alpha value is -1.95. The van der Waals surface area contributed by atoms with Crippen molar-refractivity contribution in [1.29, 1.82) is 0 Å². The van der Waals surface area contributed by atoms with Crippen LogP contribution in [0.3, 0.4) is 0 Å². The quantitative estimate of drug-likeness (QED) is 0.766. The van der Waals surface area contributed by atoms with E-state index in [1.165, 1.54) is 20.0 Å². The van der Waals surface area contributed by atoms with Gasteiger partial charge in [0.15, 0.2) is 0 Å². The number of allylic oxidation sites excluding steroid dienone is 3. The first-order valence-electron chi connectivity index (χ1n) is 10.1. The van der Waals surface area contributed by atoms with Crippen LogP contribution in [-0.2, 0) is 4.74 Å². The zero-order valence-corrected chi connectivity index (χ0v) is 16.6. The highest BCUT2D eigenvalue weighted by atomic mass is 19.1. The second-order valence-electron chi connectivity index (χ2n) is 7.41. The van der Waals surface area contributed by atoms with E-state index in [9.17, 15) is 4.39 Å². The molecular formula is C21H31FN4O. The van der Waals surface area contributed by atoms with E-state index in [4.69, 9.17) is 4.74 Å². The van der Waals surface area contributed by atoms with Crippen molar-refractivity contribution in [3.05, 3.63) is 41.6 Å². The molecule has 3 rings (SSSR count). The highest BCUT2D eigenvalue weighted by molar-refractivity contribution is 5.37. The first kappa shape index (κ1) is 19.8. The molecule has 0 radical (unpaired) electrons. The molecular weight excluding hydrogens is 343 g/mol. The van der Waals surface area contributed by atoms with Gasteiger partial charge in [0.05, 0.1) is 12.8 Å². The van der Waals surface area contributed by atoms with Gasteiger partial charge in [0, 0.05) is 37.5 Å². The maximum absolute atomic E-state index is 14.0. The van der Waals surface area contributed by atoms with Crippen molar-refractivity contribution in [2.75, 3.05) is 25.5 Å².